The Morgan fingerprint density at radius 1 is 1.25 bits per heavy atom. The fourth-order valence-electron chi connectivity index (χ4n) is 2.07. The van der Waals surface area contributed by atoms with Crippen LogP contribution in [0.5, 0.6) is 5.75 Å². The van der Waals surface area contributed by atoms with Gasteiger partial charge < -0.3 is 10.1 Å². The van der Waals surface area contributed by atoms with Crippen LogP contribution in [-0.4, -0.2) is 7.11 Å². The van der Waals surface area contributed by atoms with Gasteiger partial charge in [0.05, 0.1) is 13.2 Å². The quantitative estimate of drug-likeness (QED) is 0.918. The molecule has 0 aromatic heterocycles. The summed E-state index contributed by atoms with van der Waals surface area (Å²) >= 11 is 0. The van der Waals surface area contributed by atoms with E-state index < -0.39 is 6.04 Å². The van der Waals surface area contributed by atoms with Gasteiger partial charge in [-0.05, 0) is 36.8 Å². The maximum absolute atomic E-state index is 13.4. The van der Waals surface area contributed by atoms with Crippen molar-refractivity contribution in [3.63, 3.8) is 0 Å². The first kappa shape index (κ1) is 13.9. The van der Waals surface area contributed by atoms with Crippen molar-refractivity contribution in [1.82, 2.24) is 0 Å². The predicted octanol–water partition coefficient (Wildman–Crippen LogP) is 3.82. The van der Waals surface area contributed by atoms with E-state index in [0.717, 1.165) is 11.1 Å². The van der Waals surface area contributed by atoms with Crippen molar-refractivity contribution >= 4 is 5.69 Å². The van der Waals surface area contributed by atoms with Gasteiger partial charge in [0.15, 0.2) is 0 Å². The third-order valence-corrected chi connectivity index (χ3v) is 2.93. The molecule has 1 atom stereocenters. The van der Waals surface area contributed by atoms with Gasteiger partial charge in [0, 0.05) is 11.3 Å². The summed E-state index contributed by atoms with van der Waals surface area (Å²) in [6.07, 6.45) is 0. The minimum absolute atomic E-state index is 0.329. The van der Waals surface area contributed by atoms with E-state index in [4.69, 9.17) is 4.74 Å². The molecule has 0 amide bonds. The summed E-state index contributed by atoms with van der Waals surface area (Å²) in [5, 5.41) is 12.4. The normalized spacial score (nSPS) is 11.5. The van der Waals surface area contributed by atoms with Crippen LogP contribution < -0.4 is 10.1 Å². The van der Waals surface area contributed by atoms with Gasteiger partial charge in [0.25, 0.3) is 0 Å². The summed E-state index contributed by atoms with van der Waals surface area (Å²) in [7, 11) is 1.56. The highest BCUT2D eigenvalue weighted by Gasteiger charge is 2.15. The molecule has 2 aromatic carbocycles. The van der Waals surface area contributed by atoms with E-state index in [-0.39, 0.29) is 5.82 Å². The molecule has 0 bridgehead atoms. The average Bonchev–Trinajstić information content (AvgIpc) is 2.43. The van der Waals surface area contributed by atoms with Gasteiger partial charge in [-0.1, -0.05) is 18.2 Å². The number of benzene rings is 2. The highest BCUT2D eigenvalue weighted by molar-refractivity contribution is 5.51. The molecule has 1 N–H and O–H groups in total. The number of nitrogens with zero attached hydrogens (tertiary/aromatic N) is 1. The second-order valence-electron chi connectivity index (χ2n) is 4.47. The molecule has 0 radical (unpaired) electrons. The van der Waals surface area contributed by atoms with Crippen LogP contribution in [0.3, 0.4) is 0 Å². The van der Waals surface area contributed by atoms with E-state index in [0.29, 0.717) is 11.4 Å². The van der Waals surface area contributed by atoms with Crippen LogP contribution >= 0.6 is 0 Å². The molecule has 102 valence electrons. The summed E-state index contributed by atoms with van der Waals surface area (Å²) < 4.78 is 18.6. The first-order valence-corrected chi connectivity index (χ1v) is 6.20. The number of halogens is 1. The highest BCUT2D eigenvalue weighted by Crippen LogP contribution is 2.27. The third kappa shape index (κ3) is 3.07. The Morgan fingerprint density at radius 2 is 2.00 bits per heavy atom. The summed E-state index contributed by atoms with van der Waals surface area (Å²) in [5.41, 5.74) is 2.09. The lowest BCUT2D eigenvalue weighted by Crippen LogP contribution is -2.10. The van der Waals surface area contributed by atoms with E-state index in [1.165, 1.54) is 12.1 Å². The smallest absolute Gasteiger partial charge is 0.143 e. The van der Waals surface area contributed by atoms with Gasteiger partial charge in [-0.2, -0.15) is 5.26 Å². The van der Waals surface area contributed by atoms with Crippen LogP contribution in [0.1, 0.15) is 17.2 Å². The molecule has 4 heteroatoms. The molecule has 0 aliphatic heterocycles. The van der Waals surface area contributed by atoms with E-state index in [9.17, 15) is 9.65 Å². The van der Waals surface area contributed by atoms with E-state index >= 15 is 0 Å². The lowest BCUT2D eigenvalue weighted by molar-refractivity contribution is 0.409. The molecule has 0 spiro atoms. The molecule has 2 aromatic rings. The topological polar surface area (TPSA) is 45.0 Å². The van der Waals surface area contributed by atoms with Crippen LogP contribution in [0.2, 0.25) is 0 Å². The Bertz CT molecular complexity index is 629. The third-order valence-electron chi connectivity index (χ3n) is 2.93. The summed E-state index contributed by atoms with van der Waals surface area (Å²) in [4.78, 5) is 0. The minimum Gasteiger partial charge on any atom is -0.496 e. The number of anilines is 1. The molecule has 0 saturated carbocycles. The number of para-hydroxylation sites is 1. The van der Waals surface area contributed by atoms with Gasteiger partial charge >= 0.3 is 0 Å². The first-order valence-electron chi connectivity index (χ1n) is 6.20. The van der Waals surface area contributed by atoms with Crippen molar-refractivity contribution in [1.29, 1.82) is 5.26 Å². The number of aryl methyl sites for hydroxylation is 1. The molecule has 2 rings (SSSR count). The van der Waals surface area contributed by atoms with Crippen molar-refractivity contribution in [2.75, 3.05) is 12.4 Å². The largest absolute Gasteiger partial charge is 0.496 e. The van der Waals surface area contributed by atoms with Gasteiger partial charge in [-0.25, -0.2) is 4.39 Å². The second kappa shape index (κ2) is 6.07. The molecule has 20 heavy (non-hydrogen) atoms. The average molecular weight is 270 g/mol. The van der Waals surface area contributed by atoms with Crippen LogP contribution in [0.4, 0.5) is 10.1 Å². The molecule has 0 saturated heterocycles. The predicted molar refractivity (Wildman–Crippen MR) is 76.1 cm³/mol. The first-order chi connectivity index (χ1) is 9.63. The van der Waals surface area contributed by atoms with Crippen LogP contribution in [0.15, 0.2) is 42.5 Å². The molecular weight excluding hydrogens is 255 g/mol. The molecule has 3 nitrogen and oxygen atoms in total. The SMILES string of the molecule is COc1ccccc1C(C#N)Nc1cc(C)cc(F)c1. The summed E-state index contributed by atoms with van der Waals surface area (Å²) in [6, 6.07) is 13.4. The van der Waals surface area contributed by atoms with Crippen LogP contribution in [-0.2, 0) is 0 Å². The highest BCUT2D eigenvalue weighted by atomic mass is 19.1. The van der Waals surface area contributed by atoms with Gasteiger partial charge in [0.1, 0.15) is 17.6 Å². The van der Waals surface area contributed by atoms with Crippen molar-refractivity contribution in [2.24, 2.45) is 0 Å². The van der Waals surface area contributed by atoms with Crippen LogP contribution in [0.25, 0.3) is 0 Å². The Kier molecular flexibility index (Phi) is 4.21. The van der Waals surface area contributed by atoms with E-state index in [1.54, 1.807) is 26.2 Å². The number of hydrogen-bond acceptors (Lipinski definition) is 3. The summed E-state index contributed by atoms with van der Waals surface area (Å²) in [6.45, 7) is 1.80. The number of rotatable bonds is 4. The molecular formula is C16H15FN2O. The molecule has 0 heterocycles. The molecule has 1 unspecified atom stereocenters. The fourth-order valence-corrected chi connectivity index (χ4v) is 2.07. The van der Waals surface area contributed by atoms with E-state index in [2.05, 4.69) is 11.4 Å². The van der Waals surface area contributed by atoms with Crippen LogP contribution in [0, 0.1) is 24.1 Å². The van der Waals surface area contributed by atoms with Crippen molar-refractivity contribution in [3.8, 4) is 11.8 Å². The maximum Gasteiger partial charge on any atom is 0.143 e. The Hall–Kier alpha value is -2.54. The van der Waals surface area contributed by atoms with E-state index in [1.807, 2.05) is 18.2 Å². The number of ether oxygens (including phenoxy) is 1. The lowest BCUT2D eigenvalue weighted by Gasteiger charge is -2.16. The second-order valence-corrected chi connectivity index (χ2v) is 4.47. The molecule has 0 aliphatic rings. The number of nitrogens with one attached hydrogen (secondary N) is 1. The lowest BCUT2D eigenvalue weighted by atomic mass is 10.1. The summed E-state index contributed by atoms with van der Waals surface area (Å²) in [5.74, 6) is 0.295. The zero-order valence-electron chi connectivity index (χ0n) is 11.4. The fraction of sp³-hybridized carbons (Fsp3) is 0.188. The zero-order chi connectivity index (χ0) is 14.5. The Balaban J connectivity index is 2.32. The van der Waals surface area contributed by atoms with Gasteiger partial charge in [0.2, 0.25) is 0 Å². The van der Waals surface area contributed by atoms with Gasteiger partial charge in [-0.15, -0.1) is 0 Å². The standard InChI is InChI=1S/C16H15FN2O/c1-11-7-12(17)9-13(8-11)19-15(10-18)14-5-3-4-6-16(14)20-2/h3-9,15,19H,1-2H3. The van der Waals surface area contributed by atoms with Crippen molar-refractivity contribution in [3.05, 3.63) is 59.4 Å². The molecule has 0 aliphatic carbocycles. The Labute approximate surface area is 117 Å². The van der Waals surface area contributed by atoms with Crippen molar-refractivity contribution in [2.45, 2.75) is 13.0 Å². The number of methoxy groups -OCH3 is 1. The zero-order valence-corrected chi connectivity index (χ0v) is 11.4. The number of hydrogen-bond donors (Lipinski definition) is 1. The monoisotopic (exact) mass is 270 g/mol. The maximum atomic E-state index is 13.4. The van der Waals surface area contributed by atoms with Crippen molar-refractivity contribution < 1.29 is 9.13 Å². The number of nitriles is 1. The molecule has 0 fully saturated rings. The van der Waals surface area contributed by atoms with Gasteiger partial charge in [-0.3, -0.25) is 0 Å². The minimum atomic E-state index is -0.604. The Morgan fingerprint density at radius 3 is 2.65 bits per heavy atom.